The second kappa shape index (κ2) is 4.07. The lowest BCUT2D eigenvalue weighted by molar-refractivity contribution is 0.0572. The molecule has 0 bridgehead atoms. The van der Waals surface area contributed by atoms with Gasteiger partial charge in [-0.2, -0.15) is 0 Å². The van der Waals surface area contributed by atoms with Crippen molar-refractivity contribution >= 4 is 18.5 Å². The fraction of sp³-hybridized carbons (Fsp3) is 0.455. The molecule has 2 heterocycles. The summed E-state index contributed by atoms with van der Waals surface area (Å²) in [5.41, 5.74) is -0.190. The second-order valence-electron chi connectivity index (χ2n) is 4.38. The van der Waals surface area contributed by atoms with Crippen LogP contribution in [-0.2, 0) is 0 Å². The van der Waals surface area contributed by atoms with Crippen LogP contribution in [0, 0.1) is 0 Å². The molecule has 1 N–H and O–H groups in total. The van der Waals surface area contributed by atoms with Crippen molar-refractivity contribution in [1.82, 2.24) is 9.88 Å². The number of carbonyl (C=O) groups is 1. The molecule has 1 aromatic rings. The minimum atomic E-state index is -0.757. The molecule has 1 amide bonds. The van der Waals surface area contributed by atoms with Crippen LogP contribution in [0.15, 0.2) is 23.4 Å². The van der Waals surface area contributed by atoms with Gasteiger partial charge in [0.1, 0.15) is 0 Å². The van der Waals surface area contributed by atoms with Gasteiger partial charge in [0.2, 0.25) is 0 Å². The molecule has 2 rings (SSSR count). The fourth-order valence-corrected chi connectivity index (χ4v) is 2.06. The number of amides is 1. The van der Waals surface area contributed by atoms with E-state index in [-0.39, 0.29) is 5.91 Å². The summed E-state index contributed by atoms with van der Waals surface area (Å²) in [4.78, 5) is 17.6. The van der Waals surface area contributed by atoms with Gasteiger partial charge in [-0.25, -0.2) is 0 Å². The van der Waals surface area contributed by atoms with Gasteiger partial charge in [-0.05, 0) is 25.5 Å². The van der Waals surface area contributed by atoms with Crippen LogP contribution < -0.4 is 0 Å². The molecule has 0 saturated carbocycles. The summed E-state index contributed by atoms with van der Waals surface area (Å²) in [7, 11) is 0. The van der Waals surface area contributed by atoms with Crippen molar-refractivity contribution in [2.45, 2.75) is 24.0 Å². The van der Waals surface area contributed by atoms with E-state index in [1.54, 1.807) is 30.2 Å². The van der Waals surface area contributed by atoms with Crippen LogP contribution in [0.4, 0.5) is 0 Å². The van der Waals surface area contributed by atoms with Crippen molar-refractivity contribution < 1.29 is 9.90 Å². The highest BCUT2D eigenvalue weighted by Crippen LogP contribution is 2.22. The Morgan fingerprint density at radius 2 is 2.44 bits per heavy atom. The maximum Gasteiger partial charge on any atom is 0.254 e. The highest BCUT2D eigenvalue weighted by molar-refractivity contribution is 7.80. The number of aliphatic hydroxyl groups is 1. The fourth-order valence-electron chi connectivity index (χ4n) is 1.85. The van der Waals surface area contributed by atoms with Gasteiger partial charge in [0.15, 0.2) is 0 Å². The first-order chi connectivity index (χ1) is 7.48. The Morgan fingerprint density at radius 3 is 3.00 bits per heavy atom. The predicted octanol–water partition coefficient (Wildman–Crippen LogP) is 0.967. The molecule has 0 aliphatic carbocycles. The average molecular weight is 238 g/mol. The molecule has 1 unspecified atom stereocenters. The molecule has 1 aromatic heterocycles. The lowest BCUT2D eigenvalue weighted by atomic mass is 10.1. The van der Waals surface area contributed by atoms with E-state index in [4.69, 9.17) is 0 Å². The maximum atomic E-state index is 12.0. The Balaban J connectivity index is 2.15. The number of thiol groups is 1. The van der Waals surface area contributed by atoms with E-state index in [9.17, 15) is 9.90 Å². The largest absolute Gasteiger partial charge is 0.388 e. The summed E-state index contributed by atoms with van der Waals surface area (Å²) in [6, 6.07) is 3.30. The molecular formula is C11H14N2O2S. The summed E-state index contributed by atoms with van der Waals surface area (Å²) in [6.45, 7) is 2.73. The summed E-state index contributed by atoms with van der Waals surface area (Å²) < 4.78 is 0. The molecule has 1 saturated heterocycles. The van der Waals surface area contributed by atoms with E-state index in [1.807, 2.05) is 0 Å². The van der Waals surface area contributed by atoms with Crippen molar-refractivity contribution in [3.8, 4) is 0 Å². The number of likely N-dealkylation sites (tertiary alicyclic amines) is 1. The van der Waals surface area contributed by atoms with Gasteiger partial charge in [0, 0.05) is 24.8 Å². The zero-order valence-electron chi connectivity index (χ0n) is 9.05. The van der Waals surface area contributed by atoms with Gasteiger partial charge in [0.05, 0.1) is 10.6 Å². The predicted molar refractivity (Wildman–Crippen MR) is 62.6 cm³/mol. The first kappa shape index (κ1) is 11.4. The number of pyridine rings is 1. The van der Waals surface area contributed by atoms with Crippen molar-refractivity contribution in [1.29, 1.82) is 0 Å². The zero-order chi connectivity index (χ0) is 11.8. The Morgan fingerprint density at radius 1 is 1.69 bits per heavy atom. The molecule has 1 atom stereocenters. The summed E-state index contributed by atoms with van der Waals surface area (Å²) in [5, 5.41) is 10.3. The van der Waals surface area contributed by atoms with Gasteiger partial charge < -0.3 is 10.0 Å². The Hall–Kier alpha value is -1.07. The third-order valence-corrected chi connectivity index (χ3v) is 2.98. The van der Waals surface area contributed by atoms with Gasteiger partial charge in [-0.15, -0.1) is 12.6 Å². The molecule has 1 aliphatic rings. The topological polar surface area (TPSA) is 53.4 Å². The molecule has 5 heteroatoms. The summed E-state index contributed by atoms with van der Waals surface area (Å²) in [5.74, 6) is -0.0736. The Kier molecular flexibility index (Phi) is 2.90. The van der Waals surface area contributed by atoms with Crippen LogP contribution in [0.5, 0.6) is 0 Å². The van der Waals surface area contributed by atoms with Crippen LogP contribution >= 0.6 is 12.6 Å². The van der Waals surface area contributed by atoms with Crippen LogP contribution in [0.3, 0.4) is 0 Å². The molecule has 0 radical (unpaired) electrons. The van der Waals surface area contributed by atoms with Crippen LogP contribution in [0.25, 0.3) is 0 Å². The third-order valence-electron chi connectivity index (χ3n) is 2.73. The number of β-amino-alcohol motifs (C(OH)–C–C–N with tert-alkyl or cyclic N) is 1. The number of hydrogen-bond donors (Lipinski definition) is 2. The highest BCUT2D eigenvalue weighted by Gasteiger charge is 2.34. The third kappa shape index (κ3) is 2.36. The second-order valence-corrected chi connectivity index (χ2v) is 4.83. The first-order valence-electron chi connectivity index (χ1n) is 5.15. The van der Waals surface area contributed by atoms with Crippen molar-refractivity contribution in [3.63, 3.8) is 0 Å². The van der Waals surface area contributed by atoms with Crippen LogP contribution in [0.2, 0.25) is 0 Å². The zero-order valence-corrected chi connectivity index (χ0v) is 9.94. The minimum absolute atomic E-state index is 0.0736. The number of nitrogens with zero attached hydrogens (tertiary/aromatic N) is 2. The minimum Gasteiger partial charge on any atom is -0.388 e. The van der Waals surface area contributed by atoms with E-state index in [2.05, 4.69) is 17.6 Å². The van der Waals surface area contributed by atoms with Gasteiger partial charge >= 0.3 is 0 Å². The molecule has 4 nitrogen and oxygen atoms in total. The van der Waals surface area contributed by atoms with E-state index in [1.165, 1.54) is 0 Å². The van der Waals surface area contributed by atoms with Crippen LogP contribution in [-0.4, -0.2) is 39.6 Å². The molecule has 1 aliphatic heterocycles. The Bertz CT molecular complexity index is 420. The number of hydrogen-bond acceptors (Lipinski definition) is 4. The average Bonchev–Trinajstić information content (AvgIpc) is 2.58. The van der Waals surface area contributed by atoms with Crippen molar-refractivity contribution in [2.24, 2.45) is 0 Å². The molecular weight excluding hydrogens is 224 g/mol. The Labute approximate surface area is 99.7 Å². The van der Waals surface area contributed by atoms with Crippen LogP contribution in [0.1, 0.15) is 23.7 Å². The monoisotopic (exact) mass is 238 g/mol. The standard InChI is InChI=1S/C11H14N2O2S/c1-11(15)3-5-13(7-11)10(14)8-2-4-12-9(16)6-8/h2,4,6,15H,3,5,7H2,1H3,(H,12,16). The molecule has 16 heavy (non-hydrogen) atoms. The lowest BCUT2D eigenvalue weighted by Gasteiger charge is -2.19. The molecule has 0 aromatic carbocycles. The van der Waals surface area contributed by atoms with Crippen molar-refractivity contribution in [3.05, 3.63) is 23.9 Å². The van der Waals surface area contributed by atoms with E-state index in [0.717, 1.165) is 0 Å². The molecule has 0 spiro atoms. The van der Waals surface area contributed by atoms with Gasteiger partial charge in [0.25, 0.3) is 5.91 Å². The molecule has 1 fully saturated rings. The SMILES string of the molecule is CC1(O)CCN(C(=O)c2ccnc(S)c2)C1. The van der Waals surface area contributed by atoms with E-state index < -0.39 is 5.60 Å². The highest BCUT2D eigenvalue weighted by atomic mass is 32.1. The first-order valence-corrected chi connectivity index (χ1v) is 5.59. The number of carbonyl (C=O) groups excluding carboxylic acids is 1. The quantitative estimate of drug-likeness (QED) is 0.717. The van der Waals surface area contributed by atoms with Gasteiger partial charge in [-0.3, -0.25) is 9.78 Å². The normalized spacial score (nSPS) is 24.8. The van der Waals surface area contributed by atoms with Crippen molar-refractivity contribution in [2.75, 3.05) is 13.1 Å². The summed E-state index contributed by atoms with van der Waals surface area (Å²) in [6.07, 6.45) is 2.18. The number of rotatable bonds is 1. The van der Waals surface area contributed by atoms with E-state index in [0.29, 0.717) is 30.1 Å². The summed E-state index contributed by atoms with van der Waals surface area (Å²) >= 11 is 4.09. The van der Waals surface area contributed by atoms with E-state index >= 15 is 0 Å². The van der Waals surface area contributed by atoms with Gasteiger partial charge in [-0.1, -0.05) is 0 Å². The lowest BCUT2D eigenvalue weighted by Crippen LogP contribution is -2.33. The maximum absolute atomic E-state index is 12.0. The number of aromatic nitrogens is 1. The smallest absolute Gasteiger partial charge is 0.254 e. The molecule has 86 valence electrons.